The number of fused-ring (bicyclic) bond motifs is 1. The summed E-state index contributed by atoms with van der Waals surface area (Å²) in [7, 11) is 3.73. The number of hydrogen-bond donors (Lipinski definition) is 1. The lowest BCUT2D eigenvalue weighted by molar-refractivity contribution is 0.0994. The predicted molar refractivity (Wildman–Crippen MR) is 119 cm³/mol. The highest BCUT2D eigenvalue weighted by Crippen LogP contribution is 2.36. The number of methoxy groups -OCH3 is 1. The summed E-state index contributed by atoms with van der Waals surface area (Å²) in [4.78, 5) is 14.3. The van der Waals surface area contributed by atoms with Crippen molar-refractivity contribution in [2.75, 3.05) is 19.1 Å². The van der Waals surface area contributed by atoms with Crippen LogP contribution >= 0.6 is 0 Å². The van der Waals surface area contributed by atoms with Gasteiger partial charge in [-0.2, -0.15) is 0 Å². The molecule has 1 N–H and O–H groups in total. The Balaban J connectivity index is 1.60. The molecule has 0 bridgehead atoms. The standard InChI is InChI=1S/C24H32N4O2/c1-23(2)13-16(14-24(3,4)27-23)28(5)22-10-8-19(25-26-22)18-11-15-7-9-20(29)17(15)12-21(18)30-6/h8,10-12,16,27H,7,9,13-14H2,1-6H3. The van der Waals surface area contributed by atoms with Crippen molar-refractivity contribution >= 4 is 11.6 Å². The zero-order valence-electron chi connectivity index (χ0n) is 18.9. The van der Waals surface area contributed by atoms with E-state index in [1.165, 1.54) is 0 Å². The quantitative estimate of drug-likeness (QED) is 0.824. The van der Waals surface area contributed by atoms with E-state index in [2.05, 4.69) is 55.2 Å². The van der Waals surface area contributed by atoms with Crippen LogP contribution in [0.5, 0.6) is 5.75 Å². The van der Waals surface area contributed by atoms with Gasteiger partial charge >= 0.3 is 0 Å². The molecule has 6 heteroatoms. The van der Waals surface area contributed by atoms with Crippen molar-refractivity contribution in [3.05, 3.63) is 35.4 Å². The summed E-state index contributed by atoms with van der Waals surface area (Å²) in [5.74, 6) is 1.72. The number of nitrogens with one attached hydrogen (secondary N) is 1. The summed E-state index contributed by atoms with van der Waals surface area (Å²) in [5.41, 5.74) is 3.63. The van der Waals surface area contributed by atoms with Crippen molar-refractivity contribution < 1.29 is 9.53 Å². The van der Waals surface area contributed by atoms with Crippen LogP contribution in [0.15, 0.2) is 24.3 Å². The van der Waals surface area contributed by atoms with E-state index in [1.54, 1.807) is 7.11 Å². The number of aromatic nitrogens is 2. The summed E-state index contributed by atoms with van der Waals surface area (Å²) < 4.78 is 5.55. The third kappa shape index (κ3) is 3.93. The van der Waals surface area contributed by atoms with Gasteiger partial charge in [0.2, 0.25) is 0 Å². The smallest absolute Gasteiger partial charge is 0.163 e. The van der Waals surface area contributed by atoms with E-state index in [1.807, 2.05) is 24.3 Å². The third-order valence-corrected chi connectivity index (χ3v) is 6.35. The number of benzene rings is 1. The molecule has 160 valence electrons. The Morgan fingerprint density at radius 1 is 1.03 bits per heavy atom. The predicted octanol–water partition coefficient (Wildman–Crippen LogP) is 4.03. The molecule has 0 spiro atoms. The molecule has 4 rings (SSSR count). The number of Topliss-reactive ketones (excluding diaryl/α,β-unsaturated/α-hetero) is 1. The van der Waals surface area contributed by atoms with Crippen molar-refractivity contribution in [2.24, 2.45) is 0 Å². The fourth-order valence-electron chi connectivity index (χ4n) is 5.23. The summed E-state index contributed by atoms with van der Waals surface area (Å²) in [6.45, 7) is 9.03. The molecule has 1 fully saturated rings. The maximum Gasteiger partial charge on any atom is 0.163 e. The monoisotopic (exact) mass is 408 g/mol. The fraction of sp³-hybridized carbons (Fsp3) is 0.542. The third-order valence-electron chi connectivity index (χ3n) is 6.35. The summed E-state index contributed by atoms with van der Waals surface area (Å²) in [6, 6.07) is 8.29. The van der Waals surface area contributed by atoms with Gasteiger partial charge in [0.1, 0.15) is 5.75 Å². The van der Waals surface area contributed by atoms with E-state index < -0.39 is 0 Å². The van der Waals surface area contributed by atoms with Crippen molar-refractivity contribution in [3.63, 3.8) is 0 Å². The number of carbonyl (C=O) groups excluding carboxylic acids is 1. The van der Waals surface area contributed by atoms with Crippen LogP contribution in [0.25, 0.3) is 11.3 Å². The van der Waals surface area contributed by atoms with Gasteiger partial charge in [-0.25, -0.2) is 0 Å². The summed E-state index contributed by atoms with van der Waals surface area (Å²) in [6.07, 6.45) is 3.44. The minimum atomic E-state index is 0.0727. The Morgan fingerprint density at radius 2 is 1.73 bits per heavy atom. The highest BCUT2D eigenvalue weighted by atomic mass is 16.5. The van der Waals surface area contributed by atoms with Gasteiger partial charge in [-0.1, -0.05) is 0 Å². The van der Waals surface area contributed by atoms with E-state index in [0.717, 1.165) is 47.5 Å². The molecule has 1 aromatic carbocycles. The van der Waals surface area contributed by atoms with Gasteiger partial charge < -0.3 is 15.0 Å². The zero-order chi connectivity index (χ0) is 21.7. The van der Waals surface area contributed by atoms with E-state index in [-0.39, 0.29) is 16.9 Å². The lowest BCUT2D eigenvalue weighted by Crippen LogP contribution is -2.62. The van der Waals surface area contributed by atoms with Crippen LogP contribution in [0.4, 0.5) is 5.82 Å². The molecule has 1 saturated heterocycles. The lowest BCUT2D eigenvalue weighted by atomic mass is 9.79. The molecule has 1 aliphatic heterocycles. The first kappa shape index (κ1) is 20.8. The van der Waals surface area contributed by atoms with Crippen LogP contribution in [0.3, 0.4) is 0 Å². The maximum absolute atomic E-state index is 12.0. The lowest BCUT2D eigenvalue weighted by Gasteiger charge is -2.49. The topological polar surface area (TPSA) is 67.3 Å². The second kappa shape index (κ2) is 7.34. The average molecular weight is 409 g/mol. The molecule has 0 unspecified atom stereocenters. The minimum Gasteiger partial charge on any atom is -0.496 e. The van der Waals surface area contributed by atoms with Gasteiger partial charge in [0.05, 0.1) is 12.8 Å². The molecule has 1 aromatic heterocycles. The van der Waals surface area contributed by atoms with Gasteiger partial charge in [0, 0.05) is 41.7 Å². The molecular weight excluding hydrogens is 376 g/mol. The average Bonchev–Trinajstić information content (AvgIpc) is 3.04. The number of rotatable bonds is 4. The van der Waals surface area contributed by atoms with Crippen LogP contribution < -0.4 is 15.0 Å². The Labute approximate surface area is 179 Å². The number of aryl methyl sites for hydroxylation is 1. The Hall–Kier alpha value is -2.47. The first-order valence-corrected chi connectivity index (χ1v) is 10.7. The fourth-order valence-corrected chi connectivity index (χ4v) is 5.23. The van der Waals surface area contributed by atoms with Crippen molar-refractivity contribution in [2.45, 2.75) is 70.5 Å². The minimum absolute atomic E-state index is 0.0727. The highest BCUT2D eigenvalue weighted by Gasteiger charge is 2.39. The highest BCUT2D eigenvalue weighted by molar-refractivity contribution is 6.01. The van der Waals surface area contributed by atoms with Crippen LogP contribution in [-0.4, -0.2) is 47.3 Å². The molecule has 1 aliphatic carbocycles. The zero-order valence-corrected chi connectivity index (χ0v) is 18.9. The summed E-state index contributed by atoms with van der Waals surface area (Å²) >= 11 is 0. The number of ketones is 1. The molecule has 2 aliphatic rings. The summed E-state index contributed by atoms with van der Waals surface area (Å²) in [5, 5.41) is 12.8. The van der Waals surface area contributed by atoms with Gasteiger partial charge in [0.15, 0.2) is 11.6 Å². The van der Waals surface area contributed by atoms with Crippen molar-refractivity contribution in [3.8, 4) is 17.0 Å². The Kier molecular flexibility index (Phi) is 5.09. The molecule has 6 nitrogen and oxygen atoms in total. The van der Waals surface area contributed by atoms with Crippen LogP contribution in [0.2, 0.25) is 0 Å². The molecule has 0 radical (unpaired) electrons. The number of anilines is 1. The van der Waals surface area contributed by atoms with Gasteiger partial charge in [0.25, 0.3) is 0 Å². The van der Waals surface area contributed by atoms with Gasteiger partial charge in [-0.3, -0.25) is 4.79 Å². The number of ether oxygens (including phenoxy) is 1. The van der Waals surface area contributed by atoms with E-state index in [0.29, 0.717) is 18.2 Å². The first-order valence-electron chi connectivity index (χ1n) is 10.7. The molecule has 0 saturated carbocycles. The number of hydrogen-bond acceptors (Lipinski definition) is 6. The van der Waals surface area contributed by atoms with Gasteiger partial charge in [-0.05, 0) is 76.8 Å². The normalized spacial score (nSPS) is 20.1. The molecule has 2 heterocycles. The van der Waals surface area contributed by atoms with E-state index >= 15 is 0 Å². The largest absolute Gasteiger partial charge is 0.496 e. The molecule has 2 aromatic rings. The second-order valence-electron chi connectivity index (χ2n) is 9.98. The number of nitrogens with zero attached hydrogens (tertiary/aromatic N) is 3. The van der Waals surface area contributed by atoms with E-state index in [9.17, 15) is 4.79 Å². The van der Waals surface area contributed by atoms with Gasteiger partial charge in [-0.15, -0.1) is 10.2 Å². The first-order chi connectivity index (χ1) is 14.1. The van der Waals surface area contributed by atoms with Crippen molar-refractivity contribution in [1.29, 1.82) is 0 Å². The molecule has 30 heavy (non-hydrogen) atoms. The molecule has 0 amide bonds. The Bertz CT molecular complexity index is 950. The SMILES string of the molecule is COc1cc2c(cc1-c1ccc(N(C)C3CC(C)(C)NC(C)(C)C3)nn1)CCC2=O. The maximum atomic E-state index is 12.0. The number of piperidine rings is 1. The number of carbonyl (C=O) groups is 1. The second-order valence-corrected chi connectivity index (χ2v) is 9.98. The molecular formula is C24H32N4O2. The van der Waals surface area contributed by atoms with Crippen LogP contribution in [-0.2, 0) is 6.42 Å². The van der Waals surface area contributed by atoms with Crippen LogP contribution in [0.1, 0.15) is 62.9 Å². The van der Waals surface area contributed by atoms with Crippen molar-refractivity contribution in [1.82, 2.24) is 15.5 Å². The Morgan fingerprint density at radius 3 is 2.33 bits per heavy atom. The van der Waals surface area contributed by atoms with E-state index in [4.69, 9.17) is 4.74 Å². The van der Waals surface area contributed by atoms with Crippen LogP contribution in [0, 0.1) is 0 Å². The molecule has 0 atom stereocenters.